The molecule has 0 fully saturated rings. The van der Waals surface area contributed by atoms with E-state index in [0.29, 0.717) is 0 Å². The first kappa shape index (κ1) is 34.8. The van der Waals surface area contributed by atoms with Crippen molar-refractivity contribution >= 4 is 88.4 Å². The Balaban J connectivity index is 0.924. The highest BCUT2D eigenvalue weighted by molar-refractivity contribution is 6.02. The van der Waals surface area contributed by atoms with E-state index in [1.807, 2.05) is 0 Å². The van der Waals surface area contributed by atoms with Crippen LogP contribution in [-0.4, -0.2) is 0 Å². The van der Waals surface area contributed by atoms with E-state index in [-0.39, 0.29) is 0 Å². The van der Waals surface area contributed by atoms with Gasteiger partial charge in [0.2, 0.25) is 0 Å². The Morgan fingerprint density at radius 2 is 0.542 bits per heavy atom. The lowest BCUT2D eigenvalue weighted by Gasteiger charge is -2.26. The Hall–Kier alpha value is -7.42. The van der Waals surface area contributed by atoms with Gasteiger partial charge in [-0.05, 0) is 182 Å². The molecule has 0 saturated carbocycles. The Labute approximate surface area is 345 Å². The van der Waals surface area contributed by atoms with Gasteiger partial charge in [-0.15, -0.1) is 0 Å². The van der Waals surface area contributed by atoms with Crippen molar-refractivity contribution in [3.05, 3.63) is 230 Å². The van der Waals surface area contributed by atoms with Gasteiger partial charge in [-0.3, -0.25) is 0 Å². The van der Waals surface area contributed by atoms with Gasteiger partial charge in [0.25, 0.3) is 0 Å². The van der Waals surface area contributed by atoms with Gasteiger partial charge in [0.15, 0.2) is 0 Å². The highest BCUT2D eigenvalue weighted by Crippen LogP contribution is 2.43. The van der Waals surface area contributed by atoms with Crippen molar-refractivity contribution in [2.45, 2.75) is 19.3 Å². The molecule has 0 bridgehead atoms. The molecule has 2 nitrogen and oxygen atoms in total. The minimum Gasteiger partial charge on any atom is -0.310 e. The fourth-order valence-electron chi connectivity index (χ4n) is 9.19. The topological polar surface area (TPSA) is 6.48 Å². The summed E-state index contributed by atoms with van der Waals surface area (Å²) < 4.78 is 0. The molecule has 0 radical (unpaired) electrons. The van der Waals surface area contributed by atoms with E-state index in [0.717, 1.165) is 53.4 Å². The molecule has 59 heavy (non-hydrogen) atoms. The first-order valence-corrected chi connectivity index (χ1v) is 20.7. The summed E-state index contributed by atoms with van der Waals surface area (Å²) in [5.74, 6) is 0. The predicted molar refractivity (Wildman–Crippen MR) is 253 cm³/mol. The number of hydrogen-bond donors (Lipinski definition) is 0. The summed E-state index contributed by atoms with van der Waals surface area (Å²) in [7, 11) is 0. The zero-order chi connectivity index (χ0) is 39.1. The minimum atomic E-state index is 1.08. The molecule has 280 valence electrons. The highest BCUT2D eigenvalue weighted by atomic mass is 15.1. The first-order chi connectivity index (χ1) is 29.2. The van der Waals surface area contributed by atoms with Gasteiger partial charge in [0.05, 0.1) is 0 Å². The third-order valence-electron chi connectivity index (χ3n) is 12.1. The number of hydrogen-bond acceptors (Lipinski definition) is 2. The summed E-state index contributed by atoms with van der Waals surface area (Å²) >= 11 is 0. The number of allylic oxidation sites excluding steroid dienone is 2. The normalized spacial score (nSPS) is 12.8. The van der Waals surface area contributed by atoms with Crippen LogP contribution >= 0.6 is 0 Å². The standard InChI is InChI=1S/C57H42N2/c1-3-16-50(17-4-1)58(54-32-26-46-34-42-12-7-9-14-44(42)36-48(46)38-54)52-28-22-40(23-29-52)56-20-11-21-57(56)41-24-30-53(31-25-41)59(51-18-5-2-6-19-51)55-33-27-47-35-43-13-8-10-15-45(43)37-49(47)39-55/h1-10,12-19,22-39H,11,20-21H2. The minimum absolute atomic E-state index is 1.08. The van der Waals surface area contributed by atoms with E-state index < -0.39 is 0 Å². The van der Waals surface area contributed by atoms with E-state index in [9.17, 15) is 0 Å². The molecule has 10 aromatic rings. The predicted octanol–water partition coefficient (Wildman–Crippen LogP) is 16.3. The summed E-state index contributed by atoms with van der Waals surface area (Å²) in [6.07, 6.45) is 3.33. The molecule has 11 rings (SSSR count). The molecule has 2 heteroatoms. The number of fused-ring (bicyclic) bond motifs is 4. The summed E-state index contributed by atoms with van der Waals surface area (Å²) in [5.41, 5.74) is 12.4. The maximum Gasteiger partial charge on any atom is 0.0468 e. The van der Waals surface area contributed by atoms with Crippen molar-refractivity contribution in [1.82, 2.24) is 0 Å². The van der Waals surface area contributed by atoms with Crippen molar-refractivity contribution < 1.29 is 0 Å². The second kappa shape index (κ2) is 14.8. The fraction of sp³-hybridized carbons (Fsp3) is 0.0526. The monoisotopic (exact) mass is 754 g/mol. The Kier molecular flexibility index (Phi) is 8.74. The molecule has 0 spiro atoms. The van der Waals surface area contributed by atoms with Crippen LogP contribution in [0.2, 0.25) is 0 Å². The molecule has 0 N–H and O–H groups in total. The second-order valence-corrected chi connectivity index (χ2v) is 15.7. The second-order valence-electron chi connectivity index (χ2n) is 15.7. The lowest BCUT2D eigenvalue weighted by molar-refractivity contribution is 0.942. The first-order valence-electron chi connectivity index (χ1n) is 20.7. The summed E-state index contributed by atoms with van der Waals surface area (Å²) in [5, 5.41) is 10.0. The average molecular weight is 755 g/mol. The fourth-order valence-corrected chi connectivity index (χ4v) is 9.19. The van der Waals surface area contributed by atoms with Crippen LogP contribution in [0.15, 0.2) is 218 Å². The van der Waals surface area contributed by atoms with Gasteiger partial charge in [0, 0.05) is 34.1 Å². The van der Waals surface area contributed by atoms with Gasteiger partial charge in [-0.25, -0.2) is 0 Å². The van der Waals surface area contributed by atoms with Crippen molar-refractivity contribution in [3.8, 4) is 0 Å². The van der Waals surface area contributed by atoms with Crippen molar-refractivity contribution in [2.24, 2.45) is 0 Å². The smallest absolute Gasteiger partial charge is 0.0468 e. The van der Waals surface area contributed by atoms with Crippen LogP contribution in [0.3, 0.4) is 0 Å². The number of benzene rings is 10. The molecule has 1 aliphatic carbocycles. The van der Waals surface area contributed by atoms with Crippen LogP contribution in [0.4, 0.5) is 34.1 Å². The molecular formula is C57H42N2. The quantitative estimate of drug-likeness (QED) is 0.143. The average Bonchev–Trinajstić information content (AvgIpc) is 3.79. The Bertz CT molecular complexity index is 2950. The number of rotatable bonds is 8. The van der Waals surface area contributed by atoms with Crippen molar-refractivity contribution in [3.63, 3.8) is 0 Å². The van der Waals surface area contributed by atoms with Gasteiger partial charge in [-0.1, -0.05) is 121 Å². The largest absolute Gasteiger partial charge is 0.310 e. The van der Waals surface area contributed by atoms with Crippen LogP contribution < -0.4 is 9.80 Å². The van der Waals surface area contributed by atoms with E-state index >= 15 is 0 Å². The lowest BCUT2D eigenvalue weighted by Crippen LogP contribution is -2.10. The van der Waals surface area contributed by atoms with Crippen molar-refractivity contribution in [2.75, 3.05) is 9.80 Å². The zero-order valence-electron chi connectivity index (χ0n) is 32.8. The van der Waals surface area contributed by atoms with Gasteiger partial charge in [0.1, 0.15) is 0 Å². The SMILES string of the molecule is c1ccc(N(c2ccc(C3=C(c4ccc(N(c5ccccc5)c5ccc6cc7ccccc7cc6c5)cc4)CCC3)cc2)c2ccc3cc4ccccc4cc3c2)cc1. The van der Waals surface area contributed by atoms with Crippen LogP contribution in [0, 0.1) is 0 Å². The summed E-state index contributed by atoms with van der Waals surface area (Å²) in [6, 6.07) is 80.0. The van der Waals surface area contributed by atoms with Crippen molar-refractivity contribution in [1.29, 1.82) is 0 Å². The molecule has 0 heterocycles. The molecule has 0 atom stereocenters. The number of anilines is 6. The number of nitrogens with zero attached hydrogens (tertiary/aromatic N) is 2. The van der Waals surface area contributed by atoms with Gasteiger partial charge < -0.3 is 9.80 Å². The third kappa shape index (κ3) is 6.59. The van der Waals surface area contributed by atoms with Crippen LogP contribution in [0.1, 0.15) is 30.4 Å². The van der Waals surface area contributed by atoms with E-state index in [1.165, 1.54) is 65.4 Å². The molecule has 0 amide bonds. The molecule has 0 saturated heterocycles. The zero-order valence-corrected chi connectivity index (χ0v) is 32.8. The van der Waals surface area contributed by atoms with Crippen LogP contribution in [-0.2, 0) is 0 Å². The molecule has 1 aliphatic rings. The molecular weight excluding hydrogens is 713 g/mol. The maximum atomic E-state index is 2.37. The molecule has 0 unspecified atom stereocenters. The molecule has 0 aliphatic heterocycles. The number of para-hydroxylation sites is 2. The van der Waals surface area contributed by atoms with E-state index in [2.05, 4.69) is 228 Å². The van der Waals surface area contributed by atoms with Crippen LogP contribution in [0.5, 0.6) is 0 Å². The van der Waals surface area contributed by atoms with Crippen LogP contribution in [0.25, 0.3) is 54.2 Å². The van der Waals surface area contributed by atoms with Gasteiger partial charge in [-0.2, -0.15) is 0 Å². The van der Waals surface area contributed by atoms with E-state index in [1.54, 1.807) is 0 Å². The Morgan fingerprint density at radius 3 is 0.932 bits per heavy atom. The third-order valence-corrected chi connectivity index (χ3v) is 12.1. The molecule has 0 aromatic heterocycles. The summed E-state index contributed by atoms with van der Waals surface area (Å²) in [4.78, 5) is 4.74. The maximum absolute atomic E-state index is 2.37. The Morgan fingerprint density at radius 1 is 0.237 bits per heavy atom. The summed E-state index contributed by atoms with van der Waals surface area (Å²) in [6.45, 7) is 0. The lowest BCUT2D eigenvalue weighted by atomic mass is 9.96. The highest BCUT2D eigenvalue weighted by Gasteiger charge is 2.20. The van der Waals surface area contributed by atoms with Gasteiger partial charge >= 0.3 is 0 Å². The van der Waals surface area contributed by atoms with E-state index in [4.69, 9.17) is 0 Å². The molecule has 10 aromatic carbocycles.